The third kappa shape index (κ3) is 6.46. The van der Waals surface area contributed by atoms with E-state index in [2.05, 4.69) is 23.9 Å². The Balaban J connectivity index is 2.72. The van der Waals surface area contributed by atoms with Crippen molar-refractivity contribution in [3.05, 3.63) is 16.3 Å². The molecule has 0 bridgehead atoms. The lowest BCUT2D eigenvalue weighted by Crippen LogP contribution is -2.33. The van der Waals surface area contributed by atoms with Gasteiger partial charge in [-0.3, -0.25) is 0 Å². The molecule has 2 N–H and O–H groups in total. The molecule has 0 aromatic carbocycles. The Morgan fingerprint density at radius 1 is 1.14 bits per heavy atom. The van der Waals surface area contributed by atoms with Crippen molar-refractivity contribution >= 4 is 21.4 Å². The molecule has 0 saturated carbocycles. The molecule has 122 valence electrons. The van der Waals surface area contributed by atoms with E-state index in [1.807, 2.05) is 26.2 Å². The van der Waals surface area contributed by atoms with Gasteiger partial charge in [0.05, 0.1) is 4.90 Å². The lowest BCUT2D eigenvalue weighted by Gasteiger charge is -2.16. The molecule has 1 rings (SSSR count). The molecule has 1 aromatic heterocycles. The minimum absolute atomic E-state index is 0.0387. The van der Waals surface area contributed by atoms with Crippen molar-refractivity contribution in [2.75, 3.05) is 0 Å². The second kappa shape index (κ2) is 8.27. The minimum Gasteiger partial charge on any atom is -0.310 e. The summed E-state index contributed by atoms with van der Waals surface area (Å²) in [5.74, 6) is 0.587. The van der Waals surface area contributed by atoms with Crippen LogP contribution in [-0.2, 0) is 16.6 Å². The van der Waals surface area contributed by atoms with Crippen LogP contribution in [0, 0.1) is 5.92 Å². The van der Waals surface area contributed by atoms with Gasteiger partial charge in [-0.2, -0.15) is 0 Å². The molecule has 21 heavy (non-hydrogen) atoms. The highest BCUT2D eigenvalue weighted by atomic mass is 32.2. The summed E-state index contributed by atoms with van der Waals surface area (Å²) in [6.07, 6.45) is 1.88. The van der Waals surface area contributed by atoms with E-state index < -0.39 is 10.0 Å². The zero-order valence-corrected chi connectivity index (χ0v) is 15.3. The number of hydrogen-bond acceptors (Lipinski definition) is 4. The van der Waals surface area contributed by atoms with E-state index in [0.29, 0.717) is 23.4 Å². The standard InChI is InChI=1S/C15H28N2O2S2/c1-11(2)6-7-13(5)17-21(18,19)15-8-9-20-14(15)10-16-12(3)4/h8-9,11-13,16-17H,6-7,10H2,1-5H3. The fraction of sp³-hybridized carbons (Fsp3) is 0.733. The Hall–Kier alpha value is -0.430. The van der Waals surface area contributed by atoms with Crippen LogP contribution in [0.5, 0.6) is 0 Å². The smallest absolute Gasteiger partial charge is 0.241 e. The largest absolute Gasteiger partial charge is 0.310 e. The lowest BCUT2D eigenvalue weighted by molar-refractivity contribution is 0.485. The van der Waals surface area contributed by atoms with Crippen LogP contribution >= 0.6 is 11.3 Å². The maximum Gasteiger partial charge on any atom is 0.241 e. The molecule has 0 aliphatic carbocycles. The highest BCUT2D eigenvalue weighted by Gasteiger charge is 2.21. The van der Waals surface area contributed by atoms with Gasteiger partial charge in [0.1, 0.15) is 0 Å². The zero-order chi connectivity index (χ0) is 16.0. The molecule has 0 saturated heterocycles. The first-order valence-electron chi connectivity index (χ1n) is 7.54. The van der Waals surface area contributed by atoms with E-state index in [1.165, 1.54) is 11.3 Å². The van der Waals surface area contributed by atoms with Gasteiger partial charge >= 0.3 is 0 Å². The Bertz CT molecular complexity index is 522. The summed E-state index contributed by atoms with van der Waals surface area (Å²) in [6.45, 7) is 10.9. The van der Waals surface area contributed by atoms with Crippen LogP contribution < -0.4 is 10.0 Å². The first kappa shape index (κ1) is 18.6. The summed E-state index contributed by atoms with van der Waals surface area (Å²) in [7, 11) is -3.42. The van der Waals surface area contributed by atoms with Gasteiger partial charge in [0.2, 0.25) is 10.0 Å². The normalized spacial score (nSPS) is 14.0. The van der Waals surface area contributed by atoms with E-state index in [9.17, 15) is 8.42 Å². The fourth-order valence-corrected chi connectivity index (χ4v) is 4.64. The lowest BCUT2D eigenvalue weighted by atomic mass is 10.1. The molecule has 1 unspecified atom stereocenters. The first-order valence-corrected chi connectivity index (χ1v) is 9.90. The Kier molecular flexibility index (Phi) is 7.33. The predicted molar refractivity (Wildman–Crippen MR) is 90.2 cm³/mol. The minimum atomic E-state index is -3.42. The Morgan fingerprint density at radius 3 is 2.38 bits per heavy atom. The van der Waals surface area contributed by atoms with Crippen molar-refractivity contribution in [1.82, 2.24) is 10.0 Å². The number of nitrogens with one attached hydrogen (secondary N) is 2. The third-order valence-electron chi connectivity index (χ3n) is 3.20. The van der Waals surface area contributed by atoms with E-state index in [-0.39, 0.29) is 6.04 Å². The molecule has 0 radical (unpaired) electrons. The number of thiophene rings is 1. The van der Waals surface area contributed by atoms with Crippen LogP contribution in [0.3, 0.4) is 0 Å². The summed E-state index contributed by atoms with van der Waals surface area (Å²) in [5.41, 5.74) is 0. The number of rotatable bonds is 9. The van der Waals surface area contributed by atoms with E-state index in [4.69, 9.17) is 0 Å². The van der Waals surface area contributed by atoms with Gasteiger partial charge in [0, 0.05) is 23.5 Å². The summed E-state index contributed by atoms with van der Waals surface area (Å²) in [6, 6.07) is 1.99. The van der Waals surface area contributed by atoms with Crippen molar-refractivity contribution in [2.24, 2.45) is 5.92 Å². The average Bonchev–Trinajstić information content (AvgIpc) is 2.82. The van der Waals surface area contributed by atoms with E-state index >= 15 is 0 Å². The molecule has 0 spiro atoms. The Labute approximate surface area is 133 Å². The quantitative estimate of drug-likeness (QED) is 0.729. The van der Waals surface area contributed by atoms with E-state index in [1.54, 1.807) is 6.07 Å². The van der Waals surface area contributed by atoms with Gasteiger partial charge in [-0.05, 0) is 37.1 Å². The molecule has 6 heteroatoms. The average molecular weight is 333 g/mol. The van der Waals surface area contributed by atoms with Gasteiger partial charge in [0.15, 0.2) is 0 Å². The molecule has 4 nitrogen and oxygen atoms in total. The molecule has 0 aliphatic heterocycles. The SMILES string of the molecule is CC(C)CCC(C)NS(=O)(=O)c1ccsc1CNC(C)C. The molecule has 1 atom stereocenters. The summed E-state index contributed by atoms with van der Waals surface area (Å²) >= 11 is 1.48. The maximum atomic E-state index is 12.5. The van der Waals surface area contributed by atoms with Gasteiger partial charge in [0.25, 0.3) is 0 Å². The highest BCUT2D eigenvalue weighted by Crippen LogP contribution is 2.22. The second-order valence-corrected chi connectivity index (χ2v) is 8.92. The summed E-state index contributed by atoms with van der Waals surface area (Å²) in [4.78, 5) is 1.28. The zero-order valence-electron chi connectivity index (χ0n) is 13.6. The fourth-order valence-electron chi connectivity index (χ4n) is 1.96. The molecule has 1 aromatic rings. The van der Waals surface area contributed by atoms with Gasteiger partial charge in [-0.25, -0.2) is 13.1 Å². The van der Waals surface area contributed by atoms with Crippen molar-refractivity contribution < 1.29 is 8.42 Å². The predicted octanol–water partition coefficient (Wildman–Crippen LogP) is 3.35. The van der Waals surface area contributed by atoms with Crippen LogP contribution in [0.1, 0.15) is 52.3 Å². The van der Waals surface area contributed by atoms with Crippen molar-refractivity contribution in [3.8, 4) is 0 Å². The first-order chi connectivity index (χ1) is 9.72. The summed E-state index contributed by atoms with van der Waals surface area (Å²) in [5, 5.41) is 5.11. The Morgan fingerprint density at radius 2 is 1.81 bits per heavy atom. The van der Waals surface area contributed by atoms with Gasteiger partial charge in [-0.15, -0.1) is 11.3 Å². The van der Waals surface area contributed by atoms with Crippen molar-refractivity contribution in [2.45, 2.75) is 71.0 Å². The maximum absolute atomic E-state index is 12.5. The molecule has 0 fully saturated rings. The molecular formula is C15H28N2O2S2. The van der Waals surface area contributed by atoms with E-state index in [0.717, 1.165) is 17.7 Å². The van der Waals surface area contributed by atoms with Gasteiger partial charge in [-0.1, -0.05) is 27.7 Å². The molecule has 0 aliphatic rings. The highest BCUT2D eigenvalue weighted by molar-refractivity contribution is 7.89. The number of hydrogen-bond donors (Lipinski definition) is 2. The van der Waals surface area contributed by atoms with Crippen LogP contribution in [0.15, 0.2) is 16.3 Å². The molecular weight excluding hydrogens is 304 g/mol. The van der Waals surface area contributed by atoms with Crippen molar-refractivity contribution in [3.63, 3.8) is 0 Å². The topological polar surface area (TPSA) is 58.2 Å². The van der Waals surface area contributed by atoms with Crippen LogP contribution in [0.2, 0.25) is 0 Å². The third-order valence-corrected chi connectivity index (χ3v) is 5.92. The second-order valence-electron chi connectivity index (χ2n) is 6.24. The number of sulfonamides is 1. The van der Waals surface area contributed by atoms with Crippen LogP contribution in [0.4, 0.5) is 0 Å². The van der Waals surface area contributed by atoms with Crippen molar-refractivity contribution in [1.29, 1.82) is 0 Å². The summed E-state index contributed by atoms with van der Waals surface area (Å²) < 4.78 is 27.8. The monoisotopic (exact) mass is 332 g/mol. The van der Waals surface area contributed by atoms with Crippen LogP contribution in [-0.4, -0.2) is 20.5 Å². The molecule has 0 amide bonds. The van der Waals surface area contributed by atoms with Gasteiger partial charge < -0.3 is 5.32 Å². The van der Waals surface area contributed by atoms with Crippen LogP contribution in [0.25, 0.3) is 0 Å². The molecule has 1 heterocycles.